The number of aryl methyl sites for hydroxylation is 2. The molecule has 0 fully saturated rings. The second-order valence-electron chi connectivity index (χ2n) is 5.51. The van der Waals surface area contributed by atoms with Crippen LogP contribution in [0.2, 0.25) is 0 Å². The maximum Gasteiger partial charge on any atom is 0.164 e. The Hall–Kier alpha value is -1.49. The molecule has 2 unspecified atom stereocenters. The third-order valence-corrected chi connectivity index (χ3v) is 3.45. The molecule has 2 aromatic rings. The highest BCUT2D eigenvalue weighted by molar-refractivity contribution is 5.40. The van der Waals surface area contributed by atoms with E-state index < -0.39 is 0 Å². The van der Waals surface area contributed by atoms with E-state index in [0.29, 0.717) is 5.92 Å². The zero-order chi connectivity index (χ0) is 14.0. The molecular formula is C14H23N5. The first-order valence-electron chi connectivity index (χ1n) is 6.94. The Labute approximate surface area is 114 Å². The summed E-state index contributed by atoms with van der Waals surface area (Å²) in [5.41, 5.74) is 7.65. The van der Waals surface area contributed by atoms with Crippen LogP contribution in [0.4, 0.5) is 0 Å². The SMILES string of the molecule is Cc1cc2nnc(C(C)CCCC(C)N)n2c(C)n1. The Kier molecular flexibility index (Phi) is 4.14. The van der Waals surface area contributed by atoms with Gasteiger partial charge in [-0.1, -0.05) is 13.3 Å². The summed E-state index contributed by atoms with van der Waals surface area (Å²) in [5, 5.41) is 8.59. The summed E-state index contributed by atoms with van der Waals surface area (Å²) in [4.78, 5) is 4.49. The van der Waals surface area contributed by atoms with E-state index >= 15 is 0 Å². The largest absolute Gasteiger partial charge is 0.328 e. The molecule has 0 aliphatic rings. The summed E-state index contributed by atoms with van der Waals surface area (Å²) in [6, 6.07) is 2.24. The number of hydrogen-bond acceptors (Lipinski definition) is 4. The first-order chi connectivity index (χ1) is 8.99. The molecule has 0 amide bonds. The molecule has 2 atom stereocenters. The van der Waals surface area contributed by atoms with Crippen molar-refractivity contribution in [3.05, 3.63) is 23.4 Å². The number of fused-ring (bicyclic) bond motifs is 1. The number of aromatic nitrogens is 4. The molecule has 0 saturated carbocycles. The molecule has 2 heterocycles. The van der Waals surface area contributed by atoms with E-state index in [2.05, 4.69) is 26.5 Å². The van der Waals surface area contributed by atoms with E-state index in [9.17, 15) is 0 Å². The van der Waals surface area contributed by atoms with Gasteiger partial charge in [0.1, 0.15) is 11.6 Å². The van der Waals surface area contributed by atoms with Crippen molar-refractivity contribution < 1.29 is 0 Å². The lowest BCUT2D eigenvalue weighted by Crippen LogP contribution is -2.14. The van der Waals surface area contributed by atoms with Gasteiger partial charge in [-0.05, 0) is 33.6 Å². The zero-order valence-electron chi connectivity index (χ0n) is 12.2. The first kappa shape index (κ1) is 13.9. The maximum absolute atomic E-state index is 5.79. The zero-order valence-corrected chi connectivity index (χ0v) is 12.2. The van der Waals surface area contributed by atoms with Crippen molar-refractivity contribution in [2.75, 3.05) is 0 Å². The van der Waals surface area contributed by atoms with Gasteiger partial charge in [0.25, 0.3) is 0 Å². The summed E-state index contributed by atoms with van der Waals surface area (Å²) >= 11 is 0. The molecule has 2 rings (SSSR count). The average molecular weight is 261 g/mol. The van der Waals surface area contributed by atoms with Gasteiger partial charge in [-0.2, -0.15) is 0 Å². The minimum atomic E-state index is 0.272. The van der Waals surface area contributed by atoms with Gasteiger partial charge in [0, 0.05) is 23.7 Å². The Morgan fingerprint density at radius 3 is 2.63 bits per heavy atom. The number of nitrogens with zero attached hydrogens (tertiary/aromatic N) is 4. The first-order valence-corrected chi connectivity index (χ1v) is 6.94. The molecule has 0 radical (unpaired) electrons. The second kappa shape index (κ2) is 5.65. The van der Waals surface area contributed by atoms with E-state index in [4.69, 9.17) is 5.73 Å². The monoisotopic (exact) mass is 261 g/mol. The van der Waals surface area contributed by atoms with Crippen molar-refractivity contribution in [2.24, 2.45) is 5.73 Å². The lowest BCUT2D eigenvalue weighted by atomic mass is 10.0. The van der Waals surface area contributed by atoms with Crippen LogP contribution >= 0.6 is 0 Å². The van der Waals surface area contributed by atoms with Gasteiger partial charge in [-0.15, -0.1) is 10.2 Å². The van der Waals surface area contributed by atoms with Crippen LogP contribution in [0.5, 0.6) is 0 Å². The molecule has 0 bridgehead atoms. The average Bonchev–Trinajstić information content (AvgIpc) is 2.72. The molecule has 5 nitrogen and oxygen atoms in total. The predicted molar refractivity (Wildman–Crippen MR) is 76.2 cm³/mol. The van der Waals surface area contributed by atoms with Crippen LogP contribution in [0.15, 0.2) is 6.07 Å². The highest BCUT2D eigenvalue weighted by atomic mass is 15.3. The van der Waals surface area contributed by atoms with Crippen molar-refractivity contribution in [1.82, 2.24) is 19.6 Å². The van der Waals surface area contributed by atoms with E-state index in [1.54, 1.807) is 0 Å². The number of hydrogen-bond donors (Lipinski definition) is 1. The molecule has 0 aliphatic carbocycles. The molecule has 0 aliphatic heterocycles. The highest BCUT2D eigenvalue weighted by Gasteiger charge is 2.15. The van der Waals surface area contributed by atoms with Crippen LogP contribution in [0.3, 0.4) is 0 Å². The molecule has 0 saturated heterocycles. The molecular weight excluding hydrogens is 238 g/mol. The van der Waals surface area contributed by atoms with Gasteiger partial charge in [0.2, 0.25) is 0 Å². The van der Waals surface area contributed by atoms with Gasteiger partial charge in [0.15, 0.2) is 5.65 Å². The van der Waals surface area contributed by atoms with E-state index in [-0.39, 0.29) is 6.04 Å². The Morgan fingerprint density at radius 1 is 1.21 bits per heavy atom. The summed E-state index contributed by atoms with van der Waals surface area (Å²) in [5.74, 6) is 2.33. The molecule has 2 aromatic heterocycles. The van der Waals surface area contributed by atoms with Crippen LogP contribution < -0.4 is 5.73 Å². The normalized spacial score (nSPS) is 14.8. The van der Waals surface area contributed by atoms with Gasteiger partial charge in [0.05, 0.1) is 0 Å². The van der Waals surface area contributed by atoms with Crippen LogP contribution in [0, 0.1) is 13.8 Å². The second-order valence-corrected chi connectivity index (χ2v) is 5.51. The van der Waals surface area contributed by atoms with E-state index in [1.807, 2.05) is 26.8 Å². The smallest absolute Gasteiger partial charge is 0.164 e. The standard InChI is InChI=1S/C14H23N5/c1-9(6-5-7-10(2)15)14-18-17-13-8-11(3)16-12(4)19(13)14/h8-10H,5-7,15H2,1-4H3. The summed E-state index contributed by atoms with van der Waals surface area (Å²) in [7, 11) is 0. The van der Waals surface area contributed by atoms with Gasteiger partial charge in [-0.3, -0.25) is 4.40 Å². The molecule has 5 heteroatoms. The fourth-order valence-corrected chi connectivity index (χ4v) is 2.45. The lowest BCUT2D eigenvalue weighted by molar-refractivity contribution is 0.539. The Morgan fingerprint density at radius 2 is 1.95 bits per heavy atom. The van der Waals surface area contributed by atoms with Crippen LogP contribution in [0.25, 0.3) is 5.65 Å². The molecule has 104 valence electrons. The number of nitrogens with two attached hydrogens (primary N) is 1. The minimum absolute atomic E-state index is 0.272. The third-order valence-electron chi connectivity index (χ3n) is 3.45. The van der Waals surface area contributed by atoms with Crippen LogP contribution in [0.1, 0.15) is 56.4 Å². The van der Waals surface area contributed by atoms with Crippen molar-refractivity contribution >= 4 is 5.65 Å². The quantitative estimate of drug-likeness (QED) is 0.897. The summed E-state index contributed by atoms with van der Waals surface area (Å²) < 4.78 is 2.06. The fourth-order valence-electron chi connectivity index (χ4n) is 2.45. The van der Waals surface area contributed by atoms with Crippen molar-refractivity contribution in [2.45, 2.75) is 58.9 Å². The van der Waals surface area contributed by atoms with Gasteiger partial charge >= 0.3 is 0 Å². The highest BCUT2D eigenvalue weighted by Crippen LogP contribution is 2.21. The van der Waals surface area contributed by atoms with Gasteiger partial charge < -0.3 is 5.73 Å². The molecule has 19 heavy (non-hydrogen) atoms. The molecule has 2 N–H and O–H groups in total. The summed E-state index contributed by atoms with van der Waals surface area (Å²) in [6.07, 6.45) is 3.25. The van der Waals surface area contributed by atoms with E-state index in [0.717, 1.165) is 42.3 Å². The Bertz CT molecular complexity index is 558. The van der Waals surface area contributed by atoms with Crippen molar-refractivity contribution in [1.29, 1.82) is 0 Å². The van der Waals surface area contributed by atoms with Crippen LogP contribution in [-0.4, -0.2) is 25.6 Å². The molecule has 0 spiro atoms. The predicted octanol–water partition coefficient (Wildman–Crippen LogP) is 2.36. The van der Waals surface area contributed by atoms with Crippen LogP contribution in [-0.2, 0) is 0 Å². The molecule has 0 aromatic carbocycles. The maximum atomic E-state index is 5.79. The topological polar surface area (TPSA) is 69.1 Å². The minimum Gasteiger partial charge on any atom is -0.328 e. The lowest BCUT2D eigenvalue weighted by Gasteiger charge is -2.12. The van der Waals surface area contributed by atoms with E-state index in [1.165, 1.54) is 0 Å². The van der Waals surface area contributed by atoms with Crippen molar-refractivity contribution in [3.8, 4) is 0 Å². The van der Waals surface area contributed by atoms with Crippen molar-refractivity contribution in [3.63, 3.8) is 0 Å². The summed E-state index contributed by atoms with van der Waals surface area (Å²) in [6.45, 7) is 8.22. The Balaban J connectivity index is 2.20. The number of rotatable bonds is 5. The third kappa shape index (κ3) is 3.10. The van der Waals surface area contributed by atoms with Gasteiger partial charge in [-0.25, -0.2) is 4.98 Å². The fraction of sp³-hybridized carbons (Fsp3) is 0.643.